The summed E-state index contributed by atoms with van der Waals surface area (Å²) < 4.78 is 4.90. The van der Waals surface area contributed by atoms with Crippen LogP contribution in [0.1, 0.15) is 20.3 Å². The zero-order valence-electron chi connectivity index (χ0n) is 9.01. The SMILES string of the molecule is CC(=O)NC1C(O)CC(O)(C(=O)O)OC1C. The van der Waals surface area contributed by atoms with Crippen molar-refractivity contribution in [3.05, 3.63) is 0 Å². The molecule has 4 N–H and O–H groups in total. The van der Waals surface area contributed by atoms with Gasteiger partial charge in [0.05, 0.1) is 18.2 Å². The fourth-order valence-electron chi connectivity index (χ4n) is 1.74. The minimum absolute atomic E-state index is 0.361. The largest absolute Gasteiger partial charge is 0.477 e. The molecule has 1 aliphatic rings. The van der Waals surface area contributed by atoms with Crippen LogP contribution in [0.5, 0.6) is 0 Å². The summed E-state index contributed by atoms with van der Waals surface area (Å²) in [6.07, 6.45) is -2.46. The second-order valence-electron chi connectivity index (χ2n) is 3.91. The third kappa shape index (κ3) is 2.49. The Morgan fingerprint density at radius 1 is 1.50 bits per heavy atom. The van der Waals surface area contributed by atoms with Gasteiger partial charge in [-0.1, -0.05) is 0 Å². The number of aliphatic hydroxyl groups is 2. The number of carboxylic acids is 1. The summed E-state index contributed by atoms with van der Waals surface area (Å²) in [5, 5.41) is 30.4. The highest BCUT2D eigenvalue weighted by molar-refractivity contribution is 5.76. The van der Waals surface area contributed by atoms with Gasteiger partial charge in [0, 0.05) is 13.3 Å². The van der Waals surface area contributed by atoms with Gasteiger partial charge in [0.2, 0.25) is 5.91 Å². The van der Waals surface area contributed by atoms with Gasteiger partial charge in [0.1, 0.15) is 0 Å². The van der Waals surface area contributed by atoms with E-state index in [1.54, 1.807) is 0 Å². The number of carboxylic acid groups (broad SMARTS) is 1. The molecule has 0 aromatic carbocycles. The van der Waals surface area contributed by atoms with Crippen molar-refractivity contribution >= 4 is 11.9 Å². The third-order valence-electron chi connectivity index (χ3n) is 2.49. The van der Waals surface area contributed by atoms with Gasteiger partial charge in [-0.05, 0) is 6.92 Å². The van der Waals surface area contributed by atoms with Gasteiger partial charge < -0.3 is 25.4 Å². The molecular weight excluding hydrogens is 218 g/mol. The topological polar surface area (TPSA) is 116 Å². The number of rotatable bonds is 2. The number of amides is 1. The minimum atomic E-state index is -2.40. The zero-order valence-corrected chi connectivity index (χ0v) is 9.01. The Bertz CT molecular complexity index is 292. The van der Waals surface area contributed by atoms with E-state index in [4.69, 9.17) is 9.84 Å². The second-order valence-corrected chi connectivity index (χ2v) is 3.91. The number of aliphatic hydroxyl groups excluding tert-OH is 1. The van der Waals surface area contributed by atoms with Gasteiger partial charge in [-0.3, -0.25) is 4.79 Å². The molecule has 0 radical (unpaired) electrons. The molecule has 0 saturated carbocycles. The van der Waals surface area contributed by atoms with E-state index in [0.717, 1.165) is 0 Å². The van der Waals surface area contributed by atoms with Gasteiger partial charge in [-0.15, -0.1) is 0 Å². The Balaban J connectivity index is 2.78. The van der Waals surface area contributed by atoms with Crippen LogP contribution in [-0.4, -0.2) is 51.2 Å². The molecule has 0 aromatic rings. The average Bonchev–Trinajstić information content (AvgIpc) is 2.10. The van der Waals surface area contributed by atoms with E-state index in [1.165, 1.54) is 13.8 Å². The number of ether oxygens (including phenoxy) is 1. The van der Waals surface area contributed by atoms with Crippen LogP contribution in [0.25, 0.3) is 0 Å². The highest BCUT2D eigenvalue weighted by Crippen LogP contribution is 2.27. The highest BCUT2D eigenvalue weighted by Gasteiger charge is 2.49. The lowest BCUT2D eigenvalue weighted by Gasteiger charge is -2.40. The third-order valence-corrected chi connectivity index (χ3v) is 2.49. The average molecular weight is 233 g/mol. The Kier molecular flexibility index (Phi) is 3.51. The maximum Gasteiger partial charge on any atom is 0.364 e. The van der Waals surface area contributed by atoms with E-state index in [9.17, 15) is 19.8 Å². The van der Waals surface area contributed by atoms with Gasteiger partial charge in [0.15, 0.2) is 0 Å². The van der Waals surface area contributed by atoms with Crippen molar-refractivity contribution in [2.45, 2.75) is 44.3 Å². The van der Waals surface area contributed by atoms with Gasteiger partial charge >= 0.3 is 5.97 Å². The molecule has 1 fully saturated rings. The highest BCUT2D eigenvalue weighted by atomic mass is 16.7. The molecule has 16 heavy (non-hydrogen) atoms. The van der Waals surface area contributed by atoms with E-state index in [-0.39, 0.29) is 5.91 Å². The maximum atomic E-state index is 10.8. The van der Waals surface area contributed by atoms with Crippen LogP contribution in [0.3, 0.4) is 0 Å². The molecule has 1 saturated heterocycles. The molecule has 0 aliphatic carbocycles. The van der Waals surface area contributed by atoms with Crippen molar-refractivity contribution in [1.82, 2.24) is 5.32 Å². The van der Waals surface area contributed by atoms with E-state index in [1.807, 2.05) is 0 Å². The first-order chi connectivity index (χ1) is 7.26. The molecule has 0 spiro atoms. The van der Waals surface area contributed by atoms with Crippen LogP contribution < -0.4 is 5.32 Å². The number of hydrogen-bond donors (Lipinski definition) is 4. The van der Waals surface area contributed by atoms with Crippen molar-refractivity contribution in [2.24, 2.45) is 0 Å². The first-order valence-corrected chi connectivity index (χ1v) is 4.85. The quantitative estimate of drug-likeness (QED) is 0.458. The van der Waals surface area contributed by atoms with Crippen LogP contribution in [0.2, 0.25) is 0 Å². The van der Waals surface area contributed by atoms with E-state index in [0.29, 0.717) is 0 Å². The first kappa shape index (κ1) is 12.9. The molecule has 92 valence electrons. The molecule has 4 unspecified atom stereocenters. The fourth-order valence-corrected chi connectivity index (χ4v) is 1.74. The van der Waals surface area contributed by atoms with Crippen molar-refractivity contribution in [3.8, 4) is 0 Å². The number of carbonyl (C=O) groups is 2. The summed E-state index contributed by atoms with van der Waals surface area (Å²) >= 11 is 0. The van der Waals surface area contributed by atoms with Crippen LogP contribution in [0.15, 0.2) is 0 Å². The predicted octanol–water partition coefficient (Wildman–Crippen LogP) is -1.57. The molecule has 1 amide bonds. The van der Waals surface area contributed by atoms with Crippen LogP contribution in [0.4, 0.5) is 0 Å². The van der Waals surface area contributed by atoms with Crippen LogP contribution >= 0.6 is 0 Å². The summed E-state index contributed by atoms with van der Waals surface area (Å²) in [4.78, 5) is 21.6. The molecule has 0 aromatic heterocycles. The van der Waals surface area contributed by atoms with Gasteiger partial charge in [-0.2, -0.15) is 0 Å². The Morgan fingerprint density at radius 2 is 2.06 bits per heavy atom. The summed E-state index contributed by atoms with van der Waals surface area (Å²) in [5.41, 5.74) is 0. The van der Waals surface area contributed by atoms with Gasteiger partial charge in [0.25, 0.3) is 5.79 Å². The summed E-state index contributed by atoms with van der Waals surface area (Å²) in [6, 6.07) is -0.725. The van der Waals surface area contributed by atoms with Crippen molar-refractivity contribution in [1.29, 1.82) is 0 Å². The Hall–Kier alpha value is -1.18. The first-order valence-electron chi connectivity index (χ1n) is 4.85. The molecule has 4 atom stereocenters. The standard InChI is InChI=1S/C9H15NO6/c1-4-7(10-5(2)11)6(12)3-9(15,16-4)8(13)14/h4,6-7,12,15H,3H2,1-2H3,(H,10,11)(H,13,14). The summed E-state index contributed by atoms with van der Waals surface area (Å²) in [5.74, 6) is -4.31. The monoisotopic (exact) mass is 233 g/mol. The van der Waals surface area contributed by atoms with E-state index in [2.05, 4.69) is 5.32 Å². The molecule has 1 rings (SSSR count). The number of hydrogen-bond acceptors (Lipinski definition) is 5. The van der Waals surface area contributed by atoms with Crippen molar-refractivity contribution < 1.29 is 29.6 Å². The van der Waals surface area contributed by atoms with E-state index < -0.39 is 36.4 Å². The lowest BCUT2D eigenvalue weighted by molar-refractivity contribution is -0.273. The smallest absolute Gasteiger partial charge is 0.364 e. The summed E-state index contributed by atoms with van der Waals surface area (Å²) in [7, 11) is 0. The molecule has 7 heteroatoms. The Morgan fingerprint density at radius 3 is 2.44 bits per heavy atom. The summed E-state index contributed by atoms with van der Waals surface area (Å²) in [6.45, 7) is 2.74. The number of nitrogens with one attached hydrogen (secondary N) is 1. The Labute approximate surface area is 92.0 Å². The molecule has 1 heterocycles. The molecule has 0 bridgehead atoms. The zero-order chi connectivity index (χ0) is 12.5. The lowest BCUT2D eigenvalue weighted by Crippen LogP contribution is -2.62. The lowest BCUT2D eigenvalue weighted by atomic mass is 9.94. The maximum absolute atomic E-state index is 10.8. The van der Waals surface area contributed by atoms with Crippen LogP contribution in [-0.2, 0) is 14.3 Å². The molecule has 1 aliphatic heterocycles. The van der Waals surface area contributed by atoms with Crippen molar-refractivity contribution in [2.75, 3.05) is 0 Å². The minimum Gasteiger partial charge on any atom is -0.477 e. The van der Waals surface area contributed by atoms with Crippen LogP contribution in [0, 0.1) is 0 Å². The van der Waals surface area contributed by atoms with Crippen molar-refractivity contribution in [3.63, 3.8) is 0 Å². The fraction of sp³-hybridized carbons (Fsp3) is 0.778. The normalized spacial score (nSPS) is 39.1. The second kappa shape index (κ2) is 4.36. The predicted molar refractivity (Wildman–Crippen MR) is 51.4 cm³/mol. The number of aliphatic carboxylic acids is 1. The molecule has 7 nitrogen and oxygen atoms in total. The molecular formula is C9H15NO6. The van der Waals surface area contributed by atoms with Gasteiger partial charge in [-0.25, -0.2) is 4.79 Å². The van der Waals surface area contributed by atoms with E-state index >= 15 is 0 Å². The number of carbonyl (C=O) groups excluding carboxylic acids is 1.